The van der Waals surface area contributed by atoms with Crippen LogP contribution in [-0.4, -0.2) is 56.4 Å². The predicted octanol–water partition coefficient (Wildman–Crippen LogP) is 3.54. The summed E-state index contributed by atoms with van der Waals surface area (Å²) in [5, 5.41) is 15.7. The molecule has 3 atom stereocenters. The molecule has 8 nitrogen and oxygen atoms in total. The zero-order valence-corrected chi connectivity index (χ0v) is 20.5. The van der Waals surface area contributed by atoms with Gasteiger partial charge in [-0.05, 0) is 61.1 Å². The third-order valence-electron chi connectivity index (χ3n) is 7.67. The van der Waals surface area contributed by atoms with Crippen molar-refractivity contribution in [3.8, 4) is 0 Å². The smallest absolute Gasteiger partial charge is 0.227 e. The third-order valence-corrected chi connectivity index (χ3v) is 7.67. The Balaban J connectivity index is 1.55. The maximum Gasteiger partial charge on any atom is 0.227 e. The van der Waals surface area contributed by atoms with Crippen LogP contribution in [0.2, 0.25) is 0 Å². The van der Waals surface area contributed by atoms with Gasteiger partial charge in [-0.25, -0.2) is 4.68 Å². The van der Waals surface area contributed by atoms with E-state index in [1.165, 1.54) is 6.42 Å². The minimum absolute atomic E-state index is 0.114. The van der Waals surface area contributed by atoms with Crippen molar-refractivity contribution in [2.24, 2.45) is 11.8 Å². The number of tetrazole rings is 1. The molecule has 0 unspecified atom stereocenters. The number of amides is 1. The van der Waals surface area contributed by atoms with Crippen LogP contribution in [0.15, 0.2) is 30.3 Å². The Kier molecular flexibility index (Phi) is 8.43. The summed E-state index contributed by atoms with van der Waals surface area (Å²) in [5.41, 5.74) is 1.12. The van der Waals surface area contributed by atoms with Gasteiger partial charge in [0.2, 0.25) is 5.91 Å². The van der Waals surface area contributed by atoms with Gasteiger partial charge in [-0.3, -0.25) is 9.59 Å². The van der Waals surface area contributed by atoms with E-state index in [1.54, 1.807) is 0 Å². The predicted molar refractivity (Wildman–Crippen MR) is 130 cm³/mol. The number of hydrogen-bond donors (Lipinski definition) is 1. The topological polar surface area (TPSA) is 93.0 Å². The zero-order valence-electron chi connectivity index (χ0n) is 20.5. The molecule has 0 bridgehead atoms. The van der Waals surface area contributed by atoms with Crippen molar-refractivity contribution >= 4 is 11.7 Å². The van der Waals surface area contributed by atoms with Crippen molar-refractivity contribution in [1.29, 1.82) is 0 Å². The van der Waals surface area contributed by atoms with Crippen LogP contribution in [0.5, 0.6) is 0 Å². The molecule has 1 amide bonds. The number of hydrogen-bond acceptors (Lipinski definition) is 6. The van der Waals surface area contributed by atoms with Gasteiger partial charge in [0.05, 0.1) is 18.6 Å². The number of nitrogens with one attached hydrogen (secondary N) is 1. The number of Topliss-reactive ketones (excluding diaryl/α,β-unsaturated/α-hetero) is 1. The van der Waals surface area contributed by atoms with Crippen molar-refractivity contribution in [1.82, 2.24) is 30.4 Å². The van der Waals surface area contributed by atoms with Crippen LogP contribution in [0.4, 0.5) is 0 Å². The van der Waals surface area contributed by atoms with E-state index in [0.29, 0.717) is 19.5 Å². The summed E-state index contributed by atoms with van der Waals surface area (Å²) < 4.78 is 1.82. The van der Waals surface area contributed by atoms with E-state index in [-0.39, 0.29) is 35.6 Å². The summed E-state index contributed by atoms with van der Waals surface area (Å²) in [6.07, 6.45) is 8.40. The molecule has 1 aliphatic carbocycles. The SMILES string of the molecule is CC[C@H](NC)C(=O)C[C@H](C(=O)N1CCC[C@H]1c1nnnn1Cc1ccccc1)C1CCCCC1. The van der Waals surface area contributed by atoms with Crippen LogP contribution in [0.1, 0.15) is 82.1 Å². The maximum absolute atomic E-state index is 14.0. The molecule has 4 rings (SSSR count). The second kappa shape index (κ2) is 11.7. The van der Waals surface area contributed by atoms with Gasteiger partial charge in [0.15, 0.2) is 11.6 Å². The summed E-state index contributed by atoms with van der Waals surface area (Å²) in [6, 6.07) is 9.78. The van der Waals surface area contributed by atoms with E-state index in [9.17, 15) is 9.59 Å². The Morgan fingerprint density at radius 3 is 2.56 bits per heavy atom. The summed E-state index contributed by atoms with van der Waals surface area (Å²) in [6.45, 7) is 3.29. The number of carbonyl (C=O) groups excluding carboxylic acids is 2. The molecule has 1 N–H and O–H groups in total. The molecule has 2 heterocycles. The van der Waals surface area contributed by atoms with Gasteiger partial charge >= 0.3 is 0 Å². The number of aromatic nitrogens is 4. The lowest BCUT2D eigenvalue weighted by Gasteiger charge is -2.34. The number of ketones is 1. The van der Waals surface area contributed by atoms with Gasteiger partial charge < -0.3 is 10.2 Å². The molecule has 1 aromatic heterocycles. The quantitative estimate of drug-likeness (QED) is 0.576. The standard InChI is InChI=1S/C26H38N6O2/c1-3-22(27-2)24(33)17-21(20-13-8-5-9-14-20)26(34)31-16-10-15-23(31)25-28-29-30-32(25)18-19-11-6-4-7-12-19/h4,6-7,11-12,20-23,27H,3,5,8-10,13-18H2,1-2H3/t21-,22-,23-/m0/s1. The van der Waals surface area contributed by atoms with Crippen LogP contribution in [0, 0.1) is 11.8 Å². The second-order valence-electron chi connectivity index (χ2n) is 9.79. The normalized spacial score (nSPS) is 20.9. The zero-order chi connectivity index (χ0) is 23.9. The molecule has 2 aromatic rings. The fraction of sp³-hybridized carbons (Fsp3) is 0.654. The van der Waals surface area contributed by atoms with E-state index in [4.69, 9.17) is 0 Å². The molecule has 0 spiro atoms. The Morgan fingerprint density at radius 2 is 1.85 bits per heavy atom. The first kappa shape index (κ1) is 24.5. The molecule has 2 fully saturated rings. The Hall–Kier alpha value is -2.61. The first-order valence-corrected chi connectivity index (χ1v) is 12.9. The molecule has 8 heteroatoms. The van der Waals surface area contributed by atoms with E-state index in [0.717, 1.165) is 56.3 Å². The summed E-state index contributed by atoms with van der Waals surface area (Å²) in [5.74, 6) is 1.03. The molecule has 34 heavy (non-hydrogen) atoms. The Labute approximate surface area is 202 Å². The van der Waals surface area contributed by atoms with E-state index in [1.807, 2.05) is 41.8 Å². The lowest BCUT2D eigenvalue weighted by Crippen LogP contribution is -2.43. The van der Waals surface area contributed by atoms with Crippen molar-refractivity contribution < 1.29 is 9.59 Å². The highest BCUT2D eigenvalue weighted by atomic mass is 16.2. The van der Waals surface area contributed by atoms with Crippen LogP contribution < -0.4 is 5.32 Å². The molecular formula is C26H38N6O2. The van der Waals surface area contributed by atoms with Gasteiger partial charge in [-0.1, -0.05) is 56.5 Å². The first-order chi connectivity index (χ1) is 16.6. The molecule has 184 valence electrons. The average Bonchev–Trinajstić information content (AvgIpc) is 3.53. The molecule has 1 saturated carbocycles. The van der Waals surface area contributed by atoms with Crippen LogP contribution in [0.3, 0.4) is 0 Å². The Bertz CT molecular complexity index is 936. The van der Waals surface area contributed by atoms with Crippen molar-refractivity contribution in [3.63, 3.8) is 0 Å². The van der Waals surface area contributed by atoms with E-state index in [2.05, 4.69) is 33.0 Å². The highest BCUT2D eigenvalue weighted by molar-refractivity contribution is 5.90. The van der Waals surface area contributed by atoms with Crippen molar-refractivity contribution in [2.45, 2.75) is 83.3 Å². The largest absolute Gasteiger partial charge is 0.332 e. The van der Waals surface area contributed by atoms with Crippen LogP contribution >= 0.6 is 0 Å². The van der Waals surface area contributed by atoms with Gasteiger partial charge in [0.1, 0.15) is 0 Å². The van der Waals surface area contributed by atoms with Gasteiger partial charge in [-0.2, -0.15) is 0 Å². The maximum atomic E-state index is 14.0. The number of likely N-dealkylation sites (N-methyl/N-ethyl adjacent to an activating group) is 1. The minimum Gasteiger partial charge on any atom is -0.332 e. The van der Waals surface area contributed by atoms with Gasteiger partial charge in [-0.15, -0.1) is 5.10 Å². The molecule has 0 radical (unpaired) electrons. The molecule has 1 aliphatic heterocycles. The molecule has 1 saturated heterocycles. The first-order valence-electron chi connectivity index (χ1n) is 12.9. The monoisotopic (exact) mass is 466 g/mol. The number of likely N-dealkylation sites (tertiary alicyclic amines) is 1. The fourth-order valence-electron chi connectivity index (χ4n) is 5.78. The molecular weight excluding hydrogens is 428 g/mol. The van der Waals surface area contributed by atoms with Gasteiger partial charge in [0.25, 0.3) is 0 Å². The minimum atomic E-state index is -0.255. The van der Waals surface area contributed by atoms with Crippen molar-refractivity contribution in [2.75, 3.05) is 13.6 Å². The number of benzene rings is 1. The fourth-order valence-corrected chi connectivity index (χ4v) is 5.78. The lowest BCUT2D eigenvalue weighted by molar-refractivity contribution is -0.142. The summed E-state index contributed by atoms with van der Waals surface area (Å²) in [4.78, 5) is 29.1. The highest BCUT2D eigenvalue weighted by Gasteiger charge is 2.41. The molecule has 1 aromatic carbocycles. The van der Waals surface area contributed by atoms with E-state index >= 15 is 0 Å². The second-order valence-corrected chi connectivity index (χ2v) is 9.79. The van der Waals surface area contributed by atoms with Crippen LogP contribution in [0.25, 0.3) is 0 Å². The number of carbonyl (C=O) groups is 2. The highest BCUT2D eigenvalue weighted by Crippen LogP contribution is 2.38. The van der Waals surface area contributed by atoms with Crippen molar-refractivity contribution in [3.05, 3.63) is 41.7 Å². The summed E-state index contributed by atoms with van der Waals surface area (Å²) >= 11 is 0. The lowest BCUT2D eigenvalue weighted by atomic mass is 9.76. The third kappa shape index (κ3) is 5.54. The summed E-state index contributed by atoms with van der Waals surface area (Å²) in [7, 11) is 1.83. The number of rotatable bonds is 10. The Morgan fingerprint density at radius 1 is 1.09 bits per heavy atom. The van der Waals surface area contributed by atoms with Gasteiger partial charge in [0, 0.05) is 18.9 Å². The van der Waals surface area contributed by atoms with Crippen LogP contribution in [-0.2, 0) is 16.1 Å². The van der Waals surface area contributed by atoms with E-state index < -0.39 is 0 Å². The molecule has 2 aliphatic rings. The number of nitrogens with zero attached hydrogens (tertiary/aromatic N) is 5. The average molecular weight is 467 g/mol.